The molecule has 1 rings (SSSR count). The number of aliphatic imine (C=N–C) groups is 1. The fraction of sp³-hybridized carbons (Fsp3) is 0.600. The Bertz CT molecular complexity index is 187. The van der Waals surface area contributed by atoms with Gasteiger partial charge in [0.15, 0.2) is 6.34 Å². The maximum Gasteiger partial charge on any atom is 0.486 e. The van der Waals surface area contributed by atoms with Gasteiger partial charge in [0.25, 0.3) is 6.43 Å². The molecule has 1 aliphatic heterocycles. The Morgan fingerprint density at radius 3 is 2.25 bits per heavy atom. The normalized spacial score (nSPS) is 24.2. The molecule has 0 bridgehead atoms. The van der Waals surface area contributed by atoms with Gasteiger partial charge in [-0.25, -0.2) is 8.78 Å². The van der Waals surface area contributed by atoms with Gasteiger partial charge in [0.05, 0.1) is 6.54 Å². The fourth-order valence-corrected chi connectivity index (χ4v) is 0.611. The van der Waals surface area contributed by atoms with Crippen molar-refractivity contribution in [3.8, 4) is 0 Å². The van der Waals surface area contributed by atoms with Crippen LogP contribution in [0.15, 0.2) is 4.99 Å². The molecule has 0 aromatic heterocycles. The smallest absolute Gasteiger partial charge is 0.257 e. The highest BCUT2D eigenvalue weighted by Crippen LogP contribution is 2.27. The average molecular weight is 186 g/mol. The average Bonchev–Trinajstić information content (AvgIpc) is 2.30. The summed E-state index contributed by atoms with van der Waals surface area (Å²) in [6.45, 7) is 0.282. The Morgan fingerprint density at radius 1 is 1.42 bits per heavy atom. The van der Waals surface area contributed by atoms with Crippen LogP contribution in [0.1, 0.15) is 0 Å². The molecule has 1 heterocycles. The summed E-state index contributed by atoms with van der Waals surface area (Å²) < 4.78 is 58.7. The van der Waals surface area contributed by atoms with Crippen molar-refractivity contribution in [2.75, 3.05) is 0 Å². The predicted molar refractivity (Wildman–Crippen MR) is 29.4 cm³/mol. The largest absolute Gasteiger partial charge is 0.486 e. The minimum Gasteiger partial charge on any atom is -0.257 e. The first-order chi connectivity index (χ1) is 5.41. The molecular formula is C5H3F5N2. The number of rotatable bonds is 1. The molecule has 1 aliphatic rings. The van der Waals surface area contributed by atoms with E-state index in [9.17, 15) is 22.0 Å². The molecule has 0 N–H and O–H groups in total. The minimum atomic E-state index is -4.72. The monoisotopic (exact) mass is 186 g/mol. The van der Waals surface area contributed by atoms with Gasteiger partial charge in [0, 0.05) is 0 Å². The van der Waals surface area contributed by atoms with E-state index >= 15 is 0 Å². The Balaban J connectivity index is 2.54. The van der Waals surface area contributed by atoms with E-state index in [1.165, 1.54) is 6.34 Å². The van der Waals surface area contributed by atoms with Crippen LogP contribution in [0.4, 0.5) is 22.0 Å². The van der Waals surface area contributed by atoms with Crippen molar-refractivity contribution in [2.24, 2.45) is 4.99 Å². The molecule has 0 aromatic carbocycles. The van der Waals surface area contributed by atoms with Crippen molar-refractivity contribution in [3.63, 3.8) is 0 Å². The molecule has 0 aliphatic carbocycles. The summed E-state index contributed by atoms with van der Waals surface area (Å²) in [5.41, 5.74) is 0. The maximum atomic E-state index is 11.7. The molecule has 1 atom stereocenters. The van der Waals surface area contributed by atoms with Crippen molar-refractivity contribution >= 4 is 6.34 Å². The van der Waals surface area contributed by atoms with Gasteiger partial charge in [0.2, 0.25) is 0 Å². The van der Waals surface area contributed by atoms with Gasteiger partial charge >= 0.3 is 6.30 Å². The summed E-state index contributed by atoms with van der Waals surface area (Å²) in [5.74, 6) is 0. The Morgan fingerprint density at radius 2 is 2.00 bits per heavy atom. The predicted octanol–water partition coefficient (Wildman–Crippen LogP) is 1.52. The number of alkyl halides is 5. The molecule has 0 amide bonds. The second-order valence-electron chi connectivity index (χ2n) is 2.04. The second kappa shape index (κ2) is 2.87. The zero-order valence-corrected chi connectivity index (χ0v) is 5.52. The van der Waals surface area contributed by atoms with E-state index < -0.39 is 23.7 Å². The molecule has 68 valence electrons. The van der Waals surface area contributed by atoms with Crippen LogP contribution in [0, 0.1) is 6.54 Å². The van der Waals surface area contributed by atoms with E-state index in [2.05, 4.69) is 4.99 Å². The molecule has 2 radical (unpaired) electrons. The maximum absolute atomic E-state index is 11.7. The summed E-state index contributed by atoms with van der Waals surface area (Å²) in [7, 11) is 0. The highest BCUT2D eigenvalue weighted by Gasteiger charge is 2.42. The molecule has 0 saturated carbocycles. The third-order valence-corrected chi connectivity index (χ3v) is 1.15. The van der Waals surface area contributed by atoms with Crippen molar-refractivity contribution in [3.05, 3.63) is 6.54 Å². The van der Waals surface area contributed by atoms with Crippen molar-refractivity contribution in [1.29, 1.82) is 0 Å². The molecule has 0 aromatic rings. The van der Waals surface area contributed by atoms with E-state index in [0.29, 0.717) is 0 Å². The molecule has 7 heteroatoms. The molecule has 2 nitrogen and oxygen atoms in total. The van der Waals surface area contributed by atoms with Crippen molar-refractivity contribution in [1.82, 2.24) is 4.90 Å². The van der Waals surface area contributed by atoms with E-state index in [1.54, 1.807) is 0 Å². The van der Waals surface area contributed by atoms with E-state index in [-0.39, 0.29) is 6.54 Å². The summed E-state index contributed by atoms with van der Waals surface area (Å²) in [4.78, 5) is 2.42. The highest BCUT2D eigenvalue weighted by molar-refractivity contribution is 5.60. The quantitative estimate of drug-likeness (QED) is 0.447. The molecule has 12 heavy (non-hydrogen) atoms. The lowest BCUT2D eigenvalue weighted by Crippen LogP contribution is -2.34. The van der Waals surface area contributed by atoms with Gasteiger partial charge in [0.1, 0.15) is 6.04 Å². The van der Waals surface area contributed by atoms with Gasteiger partial charge in [-0.1, -0.05) is 0 Å². The first kappa shape index (κ1) is 9.21. The van der Waals surface area contributed by atoms with Crippen LogP contribution in [0.25, 0.3) is 0 Å². The lowest BCUT2D eigenvalue weighted by Gasteiger charge is -2.16. The van der Waals surface area contributed by atoms with E-state index in [1.807, 2.05) is 0 Å². The summed E-state index contributed by atoms with van der Waals surface area (Å²) >= 11 is 0. The van der Waals surface area contributed by atoms with Crippen LogP contribution in [-0.2, 0) is 0 Å². The minimum absolute atomic E-state index is 0.282. The first-order valence-electron chi connectivity index (χ1n) is 2.86. The Hall–Kier alpha value is -0.880. The zero-order valence-electron chi connectivity index (χ0n) is 5.52. The molecule has 1 unspecified atom stereocenters. The lowest BCUT2D eigenvalue weighted by atomic mass is 10.3. The van der Waals surface area contributed by atoms with Gasteiger partial charge < -0.3 is 0 Å². The number of hydrogen-bond acceptors (Lipinski definition) is 2. The number of nitrogens with zero attached hydrogens (tertiary/aromatic N) is 2. The van der Waals surface area contributed by atoms with Crippen LogP contribution in [0.2, 0.25) is 0 Å². The summed E-state index contributed by atoms with van der Waals surface area (Å²) in [5, 5.41) is 0. The van der Waals surface area contributed by atoms with Gasteiger partial charge in [-0.05, 0) is 0 Å². The second-order valence-corrected chi connectivity index (χ2v) is 2.04. The number of halogens is 5. The van der Waals surface area contributed by atoms with Crippen LogP contribution >= 0.6 is 0 Å². The highest BCUT2D eigenvalue weighted by atomic mass is 19.4. The van der Waals surface area contributed by atoms with Gasteiger partial charge in [-0.15, -0.1) is 0 Å². The Labute approximate surface area is 64.7 Å². The topological polar surface area (TPSA) is 15.6 Å². The zero-order chi connectivity index (χ0) is 9.35. The van der Waals surface area contributed by atoms with Crippen molar-refractivity contribution in [2.45, 2.75) is 18.8 Å². The molecule has 0 spiro atoms. The standard InChI is InChI=1S/C5H3F5N2/c6-4(7)3-1-12(2-11-3)5(8,9)10/h1,3-4H. The Kier molecular flexibility index (Phi) is 2.20. The van der Waals surface area contributed by atoms with Crippen LogP contribution in [0.3, 0.4) is 0 Å². The third kappa shape index (κ3) is 1.83. The SMILES string of the molecule is FC(F)C1[CH]N(C(F)(F)F)[C]=N1. The van der Waals surface area contributed by atoms with E-state index in [4.69, 9.17) is 0 Å². The van der Waals surface area contributed by atoms with Crippen LogP contribution < -0.4 is 0 Å². The van der Waals surface area contributed by atoms with Crippen LogP contribution in [0.5, 0.6) is 0 Å². The third-order valence-electron chi connectivity index (χ3n) is 1.15. The van der Waals surface area contributed by atoms with Gasteiger partial charge in [-0.3, -0.25) is 9.89 Å². The first-order valence-corrected chi connectivity index (χ1v) is 2.86. The lowest BCUT2D eigenvalue weighted by molar-refractivity contribution is -0.205. The van der Waals surface area contributed by atoms with Crippen molar-refractivity contribution < 1.29 is 22.0 Å². The fourth-order valence-electron chi connectivity index (χ4n) is 0.611. The van der Waals surface area contributed by atoms with Gasteiger partial charge in [-0.2, -0.15) is 13.2 Å². The number of hydrogen-bond donors (Lipinski definition) is 0. The van der Waals surface area contributed by atoms with E-state index in [0.717, 1.165) is 0 Å². The summed E-state index contributed by atoms with van der Waals surface area (Å²) in [6.07, 6.45) is -6.22. The molecule has 0 fully saturated rings. The molecular weight excluding hydrogens is 183 g/mol. The summed E-state index contributed by atoms with van der Waals surface area (Å²) in [6, 6.07) is -1.73. The van der Waals surface area contributed by atoms with Crippen LogP contribution in [-0.4, -0.2) is 30.0 Å². The molecule has 0 saturated heterocycles.